The lowest BCUT2D eigenvalue weighted by Crippen LogP contribution is -2.49. The van der Waals surface area contributed by atoms with Crippen LogP contribution in [0.2, 0.25) is 0 Å². The van der Waals surface area contributed by atoms with E-state index in [-0.39, 0.29) is 6.54 Å². The molecule has 4 nitrogen and oxygen atoms in total. The molecule has 0 aliphatic carbocycles. The summed E-state index contributed by atoms with van der Waals surface area (Å²) in [6.07, 6.45) is -0.207. The third kappa shape index (κ3) is 3.77. The molecule has 0 unspecified atom stereocenters. The Kier molecular flexibility index (Phi) is 3.68. The van der Waals surface area contributed by atoms with E-state index in [9.17, 15) is 9.59 Å². The minimum atomic E-state index is -0.993. The zero-order valence-corrected chi connectivity index (χ0v) is 9.50. The van der Waals surface area contributed by atoms with Gasteiger partial charge in [0, 0.05) is 17.5 Å². The Hall–Kier alpha value is -1.06. The monoisotopic (exact) mass is 201 g/mol. The number of rotatable bonds is 3. The molecule has 0 bridgehead atoms. The van der Waals surface area contributed by atoms with Crippen LogP contribution in [0.5, 0.6) is 0 Å². The lowest BCUT2D eigenvalue weighted by atomic mass is 9.93. The van der Waals surface area contributed by atoms with Gasteiger partial charge >= 0.3 is 6.09 Å². The lowest BCUT2D eigenvalue weighted by molar-refractivity contribution is -0.115. The zero-order valence-electron chi connectivity index (χ0n) is 9.50. The van der Waals surface area contributed by atoms with Gasteiger partial charge in [-0.2, -0.15) is 0 Å². The molecule has 0 aliphatic rings. The van der Waals surface area contributed by atoms with Crippen LogP contribution in [0.15, 0.2) is 0 Å². The third-order valence-corrected chi connectivity index (χ3v) is 1.93. The Morgan fingerprint density at radius 1 is 1.29 bits per heavy atom. The van der Waals surface area contributed by atoms with Crippen LogP contribution < -0.4 is 0 Å². The molecule has 82 valence electrons. The van der Waals surface area contributed by atoms with E-state index in [1.165, 1.54) is 4.90 Å². The summed E-state index contributed by atoms with van der Waals surface area (Å²) in [5, 5.41) is 8.98. The van der Waals surface area contributed by atoms with Gasteiger partial charge in [-0.05, 0) is 20.8 Å². The molecule has 0 aromatic heterocycles. The summed E-state index contributed by atoms with van der Waals surface area (Å²) < 4.78 is 0. The topological polar surface area (TPSA) is 57.6 Å². The van der Waals surface area contributed by atoms with Crippen molar-refractivity contribution in [1.29, 1.82) is 0 Å². The van der Waals surface area contributed by atoms with Crippen molar-refractivity contribution in [2.45, 2.75) is 40.2 Å². The van der Waals surface area contributed by atoms with E-state index in [1.807, 2.05) is 20.8 Å². The van der Waals surface area contributed by atoms with E-state index < -0.39 is 17.0 Å². The van der Waals surface area contributed by atoms with E-state index in [0.29, 0.717) is 0 Å². The second kappa shape index (κ2) is 3.98. The van der Waals surface area contributed by atoms with Gasteiger partial charge in [0.1, 0.15) is 6.29 Å². The summed E-state index contributed by atoms with van der Waals surface area (Å²) in [7, 11) is 0. The summed E-state index contributed by atoms with van der Waals surface area (Å²) in [6.45, 7) is 9.09. The SMILES string of the molecule is CC(C)(C=O)CN(C(=O)O)C(C)(C)C. The Morgan fingerprint density at radius 2 is 1.71 bits per heavy atom. The largest absolute Gasteiger partial charge is 0.465 e. The van der Waals surface area contributed by atoms with Gasteiger partial charge in [0.25, 0.3) is 0 Å². The Labute approximate surface area is 84.9 Å². The summed E-state index contributed by atoms with van der Waals surface area (Å²) in [5.41, 5.74) is -1.11. The highest BCUT2D eigenvalue weighted by Crippen LogP contribution is 2.21. The molecule has 14 heavy (non-hydrogen) atoms. The molecule has 0 saturated heterocycles. The summed E-state index contributed by atoms with van der Waals surface area (Å²) in [4.78, 5) is 22.9. The number of hydrogen-bond donors (Lipinski definition) is 1. The van der Waals surface area contributed by atoms with Crippen LogP contribution in [-0.4, -0.2) is 34.5 Å². The number of hydrogen-bond acceptors (Lipinski definition) is 2. The predicted octanol–water partition coefficient (Wildman–Crippen LogP) is 1.99. The van der Waals surface area contributed by atoms with Crippen LogP contribution in [0.3, 0.4) is 0 Å². The van der Waals surface area contributed by atoms with E-state index in [0.717, 1.165) is 6.29 Å². The number of amides is 1. The van der Waals surface area contributed by atoms with Crippen LogP contribution in [0.1, 0.15) is 34.6 Å². The number of nitrogens with zero attached hydrogens (tertiary/aromatic N) is 1. The lowest BCUT2D eigenvalue weighted by Gasteiger charge is -2.37. The van der Waals surface area contributed by atoms with Crippen LogP contribution in [0, 0.1) is 5.41 Å². The van der Waals surface area contributed by atoms with Gasteiger partial charge in [-0.15, -0.1) is 0 Å². The second-order valence-corrected chi connectivity index (χ2v) is 5.15. The first kappa shape index (κ1) is 12.9. The highest BCUT2D eigenvalue weighted by molar-refractivity contribution is 5.67. The quantitative estimate of drug-likeness (QED) is 0.710. The maximum atomic E-state index is 10.9. The normalized spacial score (nSPS) is 12.4. The van der Waals surface area contributed by atoms with Gasteiger partial charge in [-0.1, -0.05) is 13.8 Å². The number of aldehydes is 1. The average molecular weight is 201 g/mol. The van der Waals surface area contributed by atoms with Crippen LogP contribution in [-0.2, 0) is 4.79 Å². The molecule has 0 aliphatic heterocycles. The van der Waals surface area contributed by atoms with E-state index in [4.69, 9.17) is 5.11 Å². The summed E-state index contributed by atoms with van der Waals surface area (Å²) >= 11 is 0. The molecule has 0 heterocycles. The summed E-state index contributed by atoms with van der Waals surface area (Å²) in [6, 6.07) is 0. The Balaban J connectivity index is 4.72. The molecule has 0 aromatic carbocycles. The fourth-order valence-electron chi connectivity index (χ4n) is 1.04. The average Bonchev–Trinajstić information content (AvgIpc) is 1.98. The first-order valence-electron chi connectivity index (χ1n) is 4.57. The molecular formula is C10H19NO3. The molecule has 0 aromatic rings. The van der Waals surface area contributed by atoms with E-state index in [1.54, 1.807) is 13.8 Å². The van der Waals surface area contributed by atoms with Crippen molar-refractivity contribution in [1.82, 2.24) is 4.90 Å². The molecule has 0 rings (SSSR count). The molecular weight excluding hydrogens is 182 g/mol. The van der Waals surface area contributed by atoms with Crippen molar-refractivity contribution in [2.75, 3.05) is 6.54 Å². The standard InChI is InChI=1S/C10H19NO3/c1-9(2,3)11(8(13)14)6-10(4,5)7-12/h7H,6H2,1-5H3,(H,13,14). The third-order valence-electron chi connectivity index (χ3n) is 1.93. The van der Waals surface area contributed by atoms with Gasteiger partial charge in [0.2, 0.25) is 0 Å². The minimum absolute atomic E-state index is 0.218. The molecule has 0 saturated carbocycles. The van der Waals surface area contributed by atoms with Crippen molar-refractivity contribution in [3.63, 3.8) is 0 Å². The first-order valence-corrected chi connectivity index (χ1v) is 4.57. The maximum absolute atomic E-state index is 10.9. The smallest absolute Gasteiger partial charge is 0.407 e. The van der Waals surface area contributed by atoms with Crippen LogP contribution >= 0.6 is 0 Å². The minimum Gasteiger partial charge on any atom is -0.465 e. The molecule has 4 heteroatoms. The van der Waals surface area contributed by atoms with Crippen molar-refractivity contribution >= 4 is 12.4 Å². The molecule has 0 radical (unpaired) electrons. The molecule has 0 atom stereocenters. The van der Waals surface area contributed by atoms with Crippen molar-refractivity contribution in [2.24, 2.45) is 5.41 Å². The number of carbonyl (C=O) groups excluding carboxylic acids is 1. The van der Waals surface area contributed by atoms with Crippen LogP contribution in [0.4, 0.5) is 4.79 Å². The van der Waals surface area contributed by atoms with Crippen molar-refractivity contribution in [3.8, 4) is 0 Å². The fourth-order valence-corrected chi connectivity index (χ4v) is 1.04. The van der Waals surface area contributed by atoms with Crippen molar-refractivity contribution in [3.05, 3.63) is 0 Å². The zero-order chi connectivity index (χ0) is 11.6. The maximum Gasteiger partial charge on any atom is 0.407 e. The van der Waals surface area contributed by atoms with Crippen LogP contribution in [0.25, 0.3) is 0 Å². The molecule has 0 fully saturated rings. The highest BCUT2D eigenvalue weighted by Gasteiger charge is 2.31. The second-order valence-electron chi connectivity index (χ2n) is 5.15. The predicted molar refractivity (Wildman–Crippen MR) is 54.3 cm³/mol. The molecule has 0 spiro atoms. The Bertz CT molecular complexity index is 228. The fraction of sp³-hybridized carbons (Fsp3) is 0.800. The Morgan fingerprint density at radius 3 is 1.93 bits per heavy atom. The highest BCUT2D eigenvalue weighted by atomic mass is 16.4. The van der Waals surface area contributed by atoms with E-state index >= 15 is 0 Å². The molecule has 1 N–H and O–H groups in total. The molecule has 1 amide bonds. The van der Waals surface area contributed by atoms with Gasteiger partial charge < -0.3 is 14.8 Å². The van der Waals surface area contributed by atoms with Gasteiger partial charge in [-0.25, -0.2) is 4.79 Å². The van der Waals surface area contributed by atoms with Gasteiger partial charge in [-0.3, -0.25) is 0 Å². The first-order chi connectivity index (χ1) is 6.10. The van der Waals surface area contributed by atoms with Gasteiger partial charge in [0.05, 0.1) is 0 Å². The van der Waals surface area contributed by atoms with Gasteiger partial charge in [0.15, 0.2) is 0 Å². The van der Waals surface area contributed by atoms with E-state index in [2.05, 4.69) is 0 Å². The van der Waals surface area contributed by atoms with Crippen molar-refractivity contribution < 1.29 is 14.7 Å². The number of carboxylic acid groups (broad SMARTS) is 1. The number of carbonyl (C=O) groups is 2. The summed E-state index contributed by atoms with van der Waals surface area (Å²) in [5.74, 6) is 0.